The van der Waals surface area contributed by atoms with Crippen LogP contribution in [0.5, 0.6) is 0 Å². The van der Waals surface area contributed by atoms with Gasteiger partial charge in [-0.15, -0.1) is 0 Å². The summed E-state index contributed by atoms with van der Waals surface area (Å²) in [6.45, 7) is 5.07. The molecule has 0 radical (unpaired) electrons. The number of nitrogens with one attached hydrogen (secondary N) is 1. The van der Waals surface area contributed by atoms with E-state index < -0.39 is 6.04 Å². The van der Waals surface area contributed by atoms with Gasteiger partial charge < -0.3 is 10.2 Å². The molecule has 1 N–H and O–H groups in total. The van der Waals surface area contributed by atoms with Crippen molar-refractivity contribution in [3.63, 3.8) is 0 Å². The van der Waals surface area contributed by atoms with Gasteiger partial charge in [-0.2, -0.15) is 0 Å². The van der Waals surface area contributed by atoms with Gasteiger partial charge in [-0.05, 0) is 48.6 Å². The van der Waals surface area contributed by atoms with Gasteiger partial charge in [0.1, 0.15) is 6.04 Å². The van der Waals surface area contributed by atoms with Gasteiger partial charge in [0, 0.05) is 31.0 Å². The molecule has 3 aromatic carbocycles. The lowest BCUT2D eigenvalue weighted by atomic mass is 10.0. The Morgan fingerprint density at radius 3 is 2.31 bits per heavy atom. The van der Waals surface area contributed by atoms with Gasteiger partial charge in [-0.3, -0.25) is 9.59 Å². The van der Waals surface area contributed by atoms with Gasteiger partial charge in [0.2, 0.25) is 11.8 Å². The number of benzene rings is 3. The van der Waals surface area contributed by atoms with Crippen molar-refractivity contribution in [2.24, 2.45) is 0 Å². The molecule has 0 saturated heterocycles. The molecule has 0 saturated carbocycles. The van der Waals surface area contributed by atoms with E-state index in [-0.39, 0.29) is 11.8 Å². The van der Waals surface area contributed by atoms with Crippen LogP contribution in [-0.2, 0) is 29.0 Å². The Morgan fingerprint density at radius 1 is 0.914 bits per heavy atom. The second-order valence-corrected chi connectivity index (χ2v) is 9.42. The summed E-state index contributed by atoms with van der Waals surface area (Å²) >= 11 is 6.24. The average Bonchev–Trinajstić information content (AvgIpc) is 2.86. The highest BCUT2D eigenvalue weighted by atomic mass is 35.5. The van der Waals surface area contributed by atoms with E-state index in [2.05, 4.69) is 36.5 Å². The van der Waals surface area contributed by atoms with Gasteiger partial charge in [-0.25, -0.2) is 0 Å². The zero-order valence-corrected chi connectivity index (χ0v) is 21.4. The fourth-order valence-electron chi connectivity index (χ4n) is 4.04. The van der Waals surface area contributed by atoms with Crippen LogP contribution in [0.3, 0.4) is 0 Å². The average molecular weight is 491 g/mol. The second-order valence-electron chi connectivity index (χ2n) is 8.99. The number of nitrogens with zero attached hydrogens (tertiary/aromatic N) is 1. The van der Waals surface area contributed by atoms with Crippen molar-refractivity contribution < 1.29 is 9.59 Å². The van der Waals surface area contributed by atoms with Crippen molar-refractivity contribution in [3.8, 4) is 0 Å². The first-order valence-corrected chi connectivity index (χ1v) is 12.7. The summed E-state index contributed by atoms with van der Waals surface area (Å²) in [5, 5.41) is 3.67. The first kappa shape index (κ1) is 26.5. The molecule has 1 atom stereocenters. The Morgan fingerprint density at radius 2 is 1.63 bits per heavy atom. The van der Waals surface area contributed by atoms with E-state index in [0.29, 0.717) is 37.4 Å². The number of carbonyl (C=O) groups is 2. The number of carbonyl (C=O) groups excluding carboxylic acids is 2. The lowest BCUT2D eigenvalue weighted by Gasteiger charge is -2.32. The van der Waals surface area contributed by atoms with Crippen LogP contribution in [0, 0.1) is 6.92 Å². The van der Waals surface area contributed by atoms with Gasteiger partial charge in [0.15, 0.2) is 0 Å². The van der Waals surface area contributed by atoms with Crippen LogP contribution >= 0.6 is 11.6 Å². The number of aryl methyl sites for hydroxylation is 2. The van der Waals surface area contributed by atoms with Crippen LogP contribution in [0.15, 0.2) is 78.9 Å². The van der Waals surface area contributed by atoms with Crippen LogP contribution in [-0.4, -0.2) is 29.3 Å². The molecule has 35 heavy (non-hydrogen) atoms. The summed E-state index contributed by atoms with van der Waals surface area (Å²) < 4.78 is 0. The van der Waals surface area contributed by atoms with Crippen molar-refractivity contribution in [1.82, 2.24) is 10.2 Å². The third kappa shape index (κ3) is 8.56. The number of rotatable bonds is 12. The Hall–Kier alpha value is -3.11. The first-order valence-electron chi connectivity index (χ1n) is 12.4. The number of unbranched alkanes of at least 4 members (excludes halogenated alkanes) is 1. The lowest BCUT2D eigenvalue weighted by Crippen LogP contribution is -2.50. The molecule has 0 aliphatic heterocycles. The van der Waals surface area contributed by atoms with Crippen molar-refractivity contribution in [2.45, 2.75) is 58.5 Å². The molecule has 0 heterocycles. The monoisotopic (exact) mass is 490 g/mol. The Kier molecular flexibility index (Phi) is 10.4. The van der Waals surface area contributed by atoms with Gasteiger partial charge in [0.25, 0.3) is 0 Å². The summed E-state index contributed by atoms with van der Waals surface area (Å²) in [4.78, 5) is 28.8. The molecule has 4 nitrogen and oxygen atoms in total. The minimum Gasteiger partial charge on any atom is -0.354 e. The molecule has 3 rings (SSSR count). The summed E-state index contributed by atoms with van der Waals surface area (Å²) in [5.74, 6) is -0.162. The third-order valence-corrected chi connectivity index (χ3v) is 6.33. The molecule has 0 spiro atoms. The molecule has 0 unspecified atom stereocenters. The molecule has 184 valence electrons. The minimum absolute atomic E-state index is 0.0443. The number of hydrogen-bond acceptors (Lipinski definition) is 2. The summed E-state index contributed by atoms with van der Waals surface area (Å²) in [7, 11) is 0. The first-order chi connectivity index (χ1) is 17.0. The van der Waals surface area contributed by atoms with E-state index in [1.165, 1.54) is 5.56 Å². The van der Waals surface area contributed by atoms with Crippen molar-refractivity contribution in [3.05, 3.63) is 106 Å². The maximum atomic E-state index is 13.7. The highest BCUT2D eigenvalue weighted by molar-refractivity contribution is 6.30. The SMILES string of the molecule is CCCCNC(=O)[C@H](Cc1ccccc1)N(Cc1cccc(Cl)c1)C(=O)CCc1ccc(C)cc1. The highest BCUT2D eigenvalue weighted by Gasteiger charge is 2.30. The van der Waals surface area contributed by atoms with Crippen molar-refractivity contribution >= 4 is 23.4 Å². The van der Waals surface area contributed by atoms with Crippen molar-refractivity contribution in [1.29, 1.82) is 0 Å². The van der Waals surface area contributed by atoms with E-state index in [1.54, 1.807) is 4.90 Å². The van der Waals surface area contributed by atoms with E-state index in [0.717, 1.165) is 29.5 Å². The molecule has 2 amide bonds. The lowest BCUT2D eigenvalue weighted by molar-refractivity contribution is -0.141. The molecule has 0 aromatic heterocycles. The molecular weight excluding hydrogens is 456 g/mol. The Bertz CT molecular complexity index is 1080. The zero-order chi connectivity index (χ0) is 25.0. The standard InChI is InChI=1S/C30H35ClN2O2/c1-3-4-19-32-30(35)28(21-25-9-6-5-7-10-25)33(22-26-11-8-12-27(31)20-26)29(34)18-17-24-15-13-23(2)14-16-24/h5-16,20,28H,3-4,17-19,21-22H2,1-2H3,(H,32,35)/t28-/m0/s1. The van der Waals surface area contributed by atoms with Crippen LogP contribution in [0.25, 0.3) is 0 Å². The molecule has 0 aliphatic rings. The quantitative estimate of drug-likeness (QED) is 0.310. The van der Waals surface area contributed by atoms with E-state index in [9.17, 15) is 9.59 Å². The predicted molar refractivity (Wildman–Crippen MR) is 143 cm³/mol. The Labute approximate surface area is 214 Å². The smallest absolute Gasteiger partial charge is 0.243 e. The predicted octanol–water partition coefficient (Wildman–Crippen LogP) is 6.14. The van der Waals surface area contributed by atoms with E-state index in [1.807, 2.05) is 61.5 Å². The summed E-state index contributed by atoms with van der Waals surface area (Å²) in [5.41, 5.74) is 4.22. The molecule has 0 aliphatic carbocycles. The van der Waals surface area contributed by atoms with E-state index in [4.69, 9.17) is 11.6 Å². The van der Waals surface area contributed by atoms with Crippen LogP contribution in [0.2, 0.25) is 5.02 Å². The molecule has 5 heteroatoms. The normalized spacial score (nSPS) is 11.6. The highest BCUT2D eigenvalue weighted by Crippen LogP contribution is 2.19. The molecule has 3 aromatic rings. The fourth-order valence-corrected chi connectivity index (χ4v) is 4.25. The number of hydrogen-bond donors (Lipinski definition) is 1. The number of halogens is 1. The van der Waals surface area contributed by atoms with Crippen LogP contribution < -0.4 is 5.32 Å². The molecular formula is C30H35ClN2O2. The van der Waals surface area contributed by atoms with Gasteiger partial charge in [-0.1, -0.05) is 97.2 Å². The topological polar surface area (TPSA) is 49.4 Å². The van der Waals surface area contributed by atoms with Crippen molar-refractivity contribution in [2.75, 3.05) is 6.54 Å². The third-order valence-electron chi connectivity index (χ3n) is 6.09. The Balaban J connectivity index is 1.87. The van der Waals surface area contributed by atoms with Gasteiger partial charge >= 0.3 is 0 Å². The molecule has 0 fully saturated rings. The zero-order valence-electron chi connectivity index (χ0n) is 20.7. The van der Waals surface area contributed by atoms with E-state index >= 15 is 0 Å². The largest absolute Gasteiger partial charge is 0.354 e. The second kappa shape index (κ2) is 13.7. The maximum Gasteiger partial charge on any atom is 0.243 e. The minimum atomic E-state index is -0.612. The van der Waals surface area contributed by atoms with Gasteiger partial charge in [0.05, 0.1) is 0 Å². The van der Waals surface area contributed by atoms with Crippen LogP contribution in [0.1, 0.15) is 48.4 Å². The number of amides is 2. The maximum absolute atomic E-state index is 13.7. The van der Waals surface area contributed by atoms with Crippen LogP contribution in [0.4, 0.5) is 0 Å². The molecule has 0 bridgehead atoms. The summed E-state index contributed by atoms with van der Waals surface area (Å²) in [6.07, 6.45) is 3.30. The summed E-state index contributed by atoms with van der Waals surface area (Å²) in [6, 6.07) is 25.0. The fraction of sp³-hybridized carbons (Fsp3) is 0.333.